The molecule has 0 radical (unpaired) electrons. The first kappa shape index (κ1) is 13.5. The standard InChI is InChI=1S/C12H14ClNO3S/c1-9-4-6-10(7-5-9)18(16,17)14-8-2-3-11(14)12(13)15/h4-7,11H,2-3,8H2,1H3/t11-/m1/s1. The molecule has 2 rings (SSSR count). The van der Waals surface area contributed by atoms with Crippen molar-refractivity contribution >= 4 is 26.9 Å². The molecule has 1 fully saturated rings. The van der Waals surface area contributed by atoms with Crippen LogP contribution in [-0.4, -0.2) is 30.6 Å². The molecule has 0 amide bonds. The zero-order valence-electron chi connectivity index (χ0n) is 9.97. The van der Waals surface area contributed by atoms with Gasteiger partial charge in [-0.1, -0.05) is 17.7 Å². The third kappa shape index (κ3) is 2.43. The summed E-state index contributed by atoms with van der Waals surface area (Å²) in [5.41, 5.74) is 0.986. The van der Waals surface area contributed by atoms with E-state index in [1.165, 1.54) is 4.31 Å². The van der Waals surface area contributed by atoms with Crippen molar-refractivity contribution in [3.05, 3.63) is 29.8 Å². The Morgan fingerprint density at radius 2 is 1.94 bits per heavy atom. The molecule has 0 spiro atoms. The number of nitrogens with zero attached hydrogens (tertiary/aromatic N) is 1. The van der Waals surface area contributed by atoms with Gasteiger partial charge in [0.25, 0.3) is 0 Å². The van der Waals surface area contributed by atoms with E-state index in [0.29, 0.717) is 19.4 Å². The minimum Gasteiger partial charge on any atom is -0.279 e. The summed E-state index contributed by atoms with van der Waals surface area (Å²) >= 11 is 5.45. The second kappa shape index (κ2) is 4.99. The molecule has 1 atom stereocenters. The molecule has 18 heavy (non-hydrogen) atoms. The maximum Gasteiger partial charge on any atom is 0.243 e. The first-order valence-corrected chi connectivity index (χ1v) is 7.52. The molecule has 0 unspecified atom stereocenters. The van der Waals surface area contributed by atoms with E-state index in [4.69, 9.17) is 11.6 Å². The van der Waals surface area contributed by atoms with Crippen LogP contribution < -0.4 is 0 Å². The van der Waals surface area contributed by atoms with Crippen molar-refractivity contribution in [3.63, 3.8) is 0 Å². The molecule has 1 aromatic rings. The van der Waals surface area contributed by atoms with E-state index >= 15 is 0 Å². The van der Waals surface area contributed by atoms with Gasteiger partial charge < -0.3 is 0 Å². The summed E-state index contributed by atoms with van der Waals surface area (Å²) in [4.78, 5) is 11.5. The van der Waals surface area contributed by atoms with E-state index in [1.54, 1.807) is 24.3 Å². The van der Waals surface area contributed by atoms with Crippen molar-refractivity contribution in [1.82, 2.24) is 4.31 Å². The van der Waals surface area contributed by atoms with Crippen LogP contribution in [0.2, 0.25) is 0 Å². The highest BCUT2D eigenvalue weighted by Gasteiger charge is 2.38. The molecule has 98 valence electrons. The van der Waals surface area contributed by atoms with Crippen LogP contribution in [0.25, 0.3) is 0 Å². The normalized spacial score (nSPS) is 21.1. The van der Waals surface area contributed by atoms with Gasteiger partial charge in [-0.3, -0.25) is 4.79 Å². The van der Waals surface area contributed by atoms with Crippen molar-refractivity contribution in [3.8, 4) is 0 Å². The number of hydrogen-bond donors (Lipinski definition) is 0. The second-order valence-corrected chi connectivity index (χ2v) is 6.65. The molecule has 1 aliphatic heterocycles. The van der Waals surface area contributed by atoms with Gasteiger partial charge in [0, 0.05) is 6.54 Å². The molecule has 1 saturated heterocycles. The molecule has 1 aliphatic rings. The number of aryl methyl sites for hydroxylation is 1. The molecular formula is C12H14ClNO3S. The Bertz CT molecular complexity index is 553. The van der Waals surface area contributed by atoms with Crippen LogP contribution in [0, 0.1) is 6.92 Å². The van der Waals surface area contributed by atoms with E-state index in [-0.39, 0.29) is 4.90 Å². The third-order valence-electron chi connectivity index (χ3n) is 3.09. The van der Waals surface area contributed by atoms with Gasteiger partial charge >= 0.3 is 0 Å². The fourth-order valence-electron chi connectivity index (χ4n) is 2.10. The number of sulfonamides is 1. The van der Waals surface area contributed by atoms with Gasteiger partial charge in [-0.25, -0.2) is 8.42 Å². The smallest absolute Gasteiger partial charge is 0.243 e. The van der Waals surface area contributed by atoms with Gasteiger partial charge in [-0.05, 0) is 43.5 Å². The highest BCUT2D eigenvalue weighted by atomic mass is 35.5. The number of carbonyl (C=O) groups excluding carboxylic acids is 1. The molecule has 0 saturated carbocycles. The fraction of sp³-hybridized carbons (Fsp3) is 0.417. The maximum absolute atomic E-state index is 12.4. The van der Waals surface area contributed by atoms with Gasteiger partial charge in [0.2, 0.25) is 15.3 Å². The Morgan fingerprint density at radius 3 is 2.50 bits per heavy atom. The van der Waals surface area contributed by atoms with E-state index in [0.717, 1.165) is 5.56 Å². The summed E-state index contributed by atoms with van der Waals surface area (Å²) in [5.74, 6) is 0. The lowest BCUT2D eigenvalue weighted by atomic mass is 10.2. The summed E-state index contributed by atoms with van der Waals surface area (Å²) in [5, 5.41) is -0.608. The SMILES string of the molecule is Cc1ccc(S(=O)(=O)N2CCC[C@@H]2C(=O)Cl)cc1. The zero-order chi connectivity index (χ0) is 13.3. The van der Waals surface area contributed by atoms with E-state index in [2.05, 4.69) is 0 Å². The predicted molar refractivity (Wildman–Crippen MR) is 69.0 cm³/mol. The summed E-state index contributed by atoms with van der Waals surface area (Å²) < 4.78 is 26.0. The molecule has 1 heterocycles. The van der Waals surface area contributed by atoms with E-state index in [9.17, 15) is 13.2 Å². The lowest BCUT2D eigenvalue weighted by molar-refractivity contribution is -0.114. The monoisotopic (exact) mass is 287 g/mol. The van der Waals surface area contributed by atoms with Gasteiger partial charge in [-0.15, -0.1) is 0 Å². The molecule has 6 heteroatoms. The van der Waals surface area contributed by atoms with Crippen LogP contribution in [0.5, 0.6) is 0 Å². The Labute approximate surface area is 112 Å². The lowest BCUT2D eigenvalue weighted by Crippen LogP contribution is -2.38. The van der Waals surface area contributed by atoms with Crippen LogP contribution in [-0.2, 0) is 14.8 Å². The van der Waals surface area contributed by atoms with Crippen LogP contribution in [0.15, 0.2) is 29.2 Å². The van der Waals surface area contributed by atoms with Crippen LogP contribution >= 0.6 is 11.6 Å². The van der Waals surface area contributed by atoms with Crippen molar-refractivity contribution in [2.24, 2.45) is 0 Å². The molecule has 0 aromatic heterocycles. The first-order chi connectivity index (χ1) is 8.43. The Morgan fingerprint density at radius 1 is 1.33 bits per heavy atom. The van der Waals surface area contributed by atoms with Gasteiger partial charge in [0.15, 0.2) is 0 Å². The number of halogens is 1. The third-order valence-corrected chi connectivity index (χ3v) is 5.27. The Balaban J connectivity index is 2.36. The number of benzene rings is 1. The first-order valence-electron chi connectivity index (χ1n) is 5.71. The van der Waals surface area contributed by atoms with Crippen LogP contribution in [0.4, 0.5) is 0 Å². The molecule has 0 N–H and O–H groups in total. The van der Waals surface area contributed by atoms with Crippen LogP contribution in [0.3, 0.4) is 0 Å². The fourth-order valence-corrected chi connectivity index (χ4v) is 4.04. The van der Waals surface area contributed by atoms with Crippen molar-refractivity contribution < 1.29 is 13.2 Å². The average molecular weight is 288 g/mol. The quantitative estimate of drug-likeness (QED) is 0.798. The maximum atomic E-state index is 12.4. The van der Waals surface area contributed by atoms with Crippen LogP contribution in [0.1, 0.15) is 18.4 Å². The lowest BCUT2D eigenvalue weighted by Gasteiger charge is -2.21. The number of rotatable bonds is 3. The van der Waals surface area contributed by atoms with Crippen molar-refractivity contribution in [2.75, 3.05) is 6.54 Å². The predicted octanol–water partition coefficient (Wildman–Crippen LogP) is 1.91. The minimum atomic E-state index is -3.62. The van der Waals surface area contributed by atoms with Gasteiger partial charge in [-0.2, -0.15) is 4.31 Å². The average Bonchev–Trinajstić information content (AvgIpc) is 2.79. The largest absolute Gasteiger partial charge is 0.279 e. The Kier molecular flexibility index (Phi) is 3.75. The van der Waals surface area contributed by atoms with Gasteiger partial charge in [0.05, 0.1) is 10.9 Å². The molecule has 4 nitrogen and oxygen atoms in total. The van der Waals surface area contributed by atoms with Crippen molar-refractivity contribution in [2.45, 2.75) is 30.7 Å². The number of hydrogen-bond acceptors (Lipinski definition) is 3. The van der Waals surface area contributed by atoms with E-state index in [1.807, 2.05) is 6.92 Å². The van der Waals surface area contributed by atoms with E-state index < -0.39 is 21.3 Å². The summed E-state index contributed by atoms with van der Waals surface area (Å²) in [6.07, 6.45) is 1.15. The summed E-state index contributed by atoms with van der Waals surface area (Å²) in [6.45, 7) is 2.23. The van der Waals surface area contributed by atoms with Crippen molar-refractivity contribution in [1.29, 1.82) is 0 Å². The summed E-state index contributed by atoms with van der Waals surface area (Å²) in [7, 11) is -3.62. The Hall–Kier alpha value is -0.910. The molecule has 1 aromatic carbocycles. The summed E-state index contributed by atoms with van der Waals surface area (Å²) in [6, 6.07) is 5.86. The highest BCUT2D eigenvalue weighted by molar-refractivity contribution is 7.89. The number of carbonyl (C=O) groups is 1. The topological polar surface area (TPSA) is 54.5 Å². The van der Waals surface area contributed by atoms with Gasteiger partial charge in [0.1, 0.15) is 0 Å². The molecular weight excluding hydrogens is 274 g/mol. The second-order valence-electron chi connectivity index (χ2n) is 4.39. The molecule has 0 aliphatic carbocycles. The highest BCUT2D eigenvalue weighted by Crippen LogP contribution is 2.27. The molecule has 0 bridgehead atoms. The minimum absolute atomic E-state index is 0.206. The zero-order valence-corrected chi connectivity index (χ0v) is 11.5.